The lowest BCUT2D eigenvalue weighted by molar-refractivity contribution is 0.314. The largest absolute Gasteiger partial charge is 0.326 e. The van der Waals surface area contributed by atoms with Crippen LogP contribution < -0.4 is 5.73 Å². The Morgan fingerprint density at radius 2 is 1.94 bits per heavy atom. The van der Waals surface area contributed by atoms with E-state index in [0.717, 1.165) is 23.8 Å². The van der Waals surface area contributed by atoms with Gasteiger partial charge in [0.25, 0.3) is 0 Å². The number of hydrogen-bond donors (Lipinski definition) is 1. The summed E-state index contributed by atoms with van der Waals surface area (Å²) in [7, 11) is 2.11. The van der Waals surface area contributed by atoms with E-state index in [9.17, 15) is 0 Å². The molecule has 0 aliphatic carbocycles. The highest BCUT2D eigenvalue weighted by Gasteiger charge is 2.06. The van der Waals surface area contributed by atoms with Crippen LogP contribution in [0.25, 0.3) is 0 Å². The van der Waals surface area contributed by atoms with Gasteiger partial charge in [0.05, 0.1) is 10.7 Å². The molecule has 0 spiro atoms. The second-order valence-corrected chi connectivity index (χ2v) is 5.57. The minimum absolute atomic E-state index is 0.597. The molecule has 4 heteroatoms. The molecule has 0 bridgehead atoms. The first kappa shape index (κ1) is 13.2. The summed E-state index contributed by atoms with van der Waals surface area (Å²) in [5.41, 5.74) is 9.42. The molecule has 0 saturated carbocycles. The monoisotopic (exact) mass is 261 g/mol. The fourth-order valence-corrected chi connectivity index (χ4v) is 2.62. The summed E-state index contributed by atoms with van der Waals surface area (Å²) in [5.74, 6) is 0. The molecule has 0 aliphatic rings. The summed E-state index contributed by atoms with van der Waals surface area (Å²) < 4.78 is 0. The first-order valence-electron chi connectivity index (χ1n) is 6.05. The number of thiazole rings is 1. The Bertz CT molecular complexity index is 507. The van der Waals surface area contributed by atoms with Gasteiger partial charge in [-0.15, -0.1) is 11.3 Å². The molecule has 1 aromatic carbocycles. The van der Waals surface area contributed by atoms with E-state index in [4.69, 9.17) is 5.73 Å². The first-order valence-corrected chi connectivity index (χ1v) is 6.93. The summed E-state index contributed by atoms with van der Waals surface area (Å²) >= 11 is 1.70. The Morgan fingerprint density at radius 3 is 2.56 bits per heavy atom. The number of aryl methyl sites for hydroxylation is 1. The van der Waals surface area contributed by atoms with Crippen molar-refractivity contribution in [2.45, 2.75) is 26.6 Å². The van der Waals surface area contributed by atoms with Crippen molar-refractivity contribution in [3.05, 3.63) is 51.5 Å². The quantitative estimate of drug-likeness (QED) is 0.899. The van der Waals surface area contributed by atoms with E-state index >= 15 is 0 Å². The second kappa shape index (κ2) is 6.09. The lowest BCUT2D eigenvalue weighted by Crippen LogP contribution is -2.19. The third-order valence-electron chi connectivity index (χ3n) is 2.88. The zero-order valence-electron chi connectivity index (χ0n) is 10.9. The van der Waals surface area contributed by atoms with Gasteiger partial charge in [-0.1, -0.05) is 24.3 Å². The number of benzene rings is 1. The number of nitrogens with zero attached hydrogens (tertiary/aromatic N) is 2. The smallest absolute Gasteiger partial charge is 0.0897 e. The standard InChI is InChI=1S/C14H19N3S/c1-11-16-14(10-18-11)9-17(2)8-13-6-4-3-5-12(13)7-15/h3-6,10H,7-9,15H2,1-2H3. The Morgan fingerprint density at radius 1 is 1.22 bits per heavy atom. The van der Waals surface area contributed by atoms with Gasteiger partial charge >= 0.3 is 0 Å². The van der Waals surface area contributed by atoms with Gasteiger partial charge in [0.2, 0.25) is 0 Å². The second-order valence-electron chi connectivity index (χ2n) is 4.50. The molecular weight excluding hydrogens is 242 g/mol. The molecule has 96 valence electrons. The van der Waals surface area contributed by atoms with Crippen LogP contribution in [0.2, 0.25) is 0 Å². The third-order valence-corrected chi connectivity index (χ3v) is 3.70. The number of rotatable bonds is 5. The minimum Gasteiger partial charge on any atom is -0.326 e. The van der Waals surface area contributed by atoms with E-state index in [1.54, 1.807) is 11.3 Å². The highest BCUT2D eigenvalue weighted by Crippen LogP contribution is 2.14. The molecule has 0 radical (unpaired) electrons. The predicted molar refractivity (Wildman–Crippen MR) is 76.4 cm³/mol. The normalized spacial score (nSPS) is 11.1. The summed E-state index contributed by atoms with van der Waals surface area (Å²) in [5, 5.41) is 3.25. The predicted octanol–water partition coefficient (Wildman–Crippen LogP) is 2.54. The van der Waals surface area contributed by atoms with Gasteiger partial charge in [-0.05, 0) is 25.1 Å². The van der Waals surface area contributed by atoms with Crippen LogP contribution in [-0.4, -0.2) is 16.9 Å². The van der Waals surface area contributed by atoms with Crippen LogP contribution in [0.5, 0.6) is 0 Å². The molecule has 3 nitrogen and oxygen atoms in total. The molecule has 1 aromatic heterocycles. The van der Waals surface area contributed by atoms with Gasteiger partial charge in [-0.2, -0.15) is 0 Å². The maximum atomic E-state index is 5.75. The van der Waals surface area contributed by atoms with Crippen molar-refractivity contribution in [1.82, 2.24) is 9.88 Å². The van der Waals surface area contributed by atoms with Gasteiger partial charge < -0.3 is 5.73 Å². The zero-order valence-corrected chi connectivity index (χ0v) is 11.7. The lowest BCUT2D eigenvalue weighted by Gasteiger charge is -2.17. The SMILES string of the molecule is Cc1nc(CN(C)Cc2ccccc2CN)cs1. The fourth-order valence-electron chi connectivity index (χ4n) is 2.01. The van der Waals surface area contributed by atoms with Crippen molar-refractivity contribution in [1.29, 1.82) is 0 Å². The van der Waals surface area contributed by atoms with Crippen LogP contribution in [-0.2, 0) is 19.6 Å². The molecule has 2 aromatic rings. The molecule has 2 N–H and O–H groups in total. The van der Waals surface area contributed by atoms with E-state index < -0.39 is 0 Å². The average Bonchev–Trinajstić information content (AvgIpc) is 2.75. The van der Waals surface area contributed by atoms with Crippen LogP contribution in [0.4, 0.5) is 0 Å². The summed E-state index contributed by atoms with van der Waals surface area (Å²) in [6.45, 7) is 4.42. The van der Waals surface area contributed by atoms with Crippen molar-refractivity contribution in [2.75, 3.05) is 7.05 Å². The van der Waals surface area contributed by atoms with Crippen LogP contribution >= 0.6 is 11.3 Å². The van der Waals surface area contributed by atoms with E-state index in [0.29, 0.717) is 6.54 Å². The Hall–Kier alpha value is -1.23. The molecular formula is C14H19N3S. The molecule has 0 atom stereocenters. The van der Waals surface area contributed by atoms with E-state index in [-0.39, 0.29) is 0 Å². The topological polar surface area (TPSA) is 42.2 Å². The van der Waals surface area contributed by atoms with Gasteiger partial charge in [-0.3, -0.25) is 4.90 Å². The van der Waals surface area contributed by atoms with Crippen molar-refractivity contribution in [3.8, 4) is 0 Å². The maximum Gasteiger partial charge on any atom is 0.0897 e. The highest BCUT2D eigenvalue weighted by molar-refractivity contribution is 7.09. The molecule has 0 saturated heterocycles. The molecule has 0 unspecified atom stereocenters. The summed E-state index contributed by atoms with van der Waals surface area (Å²) in [4.78, 5) is 6.75. The zero-order chi connectivity index (χ0) is 13.0. The van der Waals surface area contributed by atoms with Crippen LogP contribution in [0.3, 0.4) is 0 Å². The molecule has 1 heterocycles. The highest BCUT2D eigenvalue weighted by atomic mass is 32.1. The van der Waals surface area contributed by atoms with E-state index in [1.807, 2.05) is 13.0 Å². The minimum atomic E-state index is 0.597. The van der Waals surface area contributed by atoms with E-state index in [1.165, 1.54) is 11.1 Å². The van der Waals surface area contributed by atoms with Crippen LogP contribution in [0.1, 0.15) is 21.8 Å². The lowest BCUT2D eigenvalue weighted by atomic mass is 10.1. The van der Waals surface area contributed by atoms with Gasteiger partial charge in [0.1, 0.15) is 0 Å². The van der Waals surface area contributed by atoms with E-state index in [2.05, 4.69) is 40.5 Å². The van der Waals surface area contributed by atoms with Crippen molar-refractivity contribution in [3.63, 3.8) is 0 Å². The first-order chi connectivity index (χ1) is 8.69. The van der Waals surface area contributed by atoms with Crippen molar-refractivity contribution < 1.29 is 0 Å². The van der Waals surface area contributed by atoms with Crippen LogP contribution in [0, 0.1) is 6.92 Å². The van der Waals surface area contributed by atoms with Gasteiger partial charge in [0.15, 0.2) is 0 Å². The summed E-state index contributed by atoms with van der Waals surface area (Å²) in [6, 6.07) is 8.34. The maximum absolute atomic E-state index is 5.75. The molecule has 2 rings (SSSR count). The van der Waals surface area contributed by atoms with Crippen molar-refractivity contribution in [2.24, 2.45) is 5.73 Å². The number of nitrogens with two attached hydrogens (primary N) is 1. The molecule has 18 heavy (non-hydrogen) atoms. The molecule has 0 amide bonds. The number of aromatic nitrogens is 1. The number of hydrogen-bond acceptors (Lipinski definition) is 4. The van der Waals surface area contributed by atoms with Crippen LogP contribution in [0.15, 0.2) is 29.6 Å². The van der Waals surface area contributed by atoms with Gasteiger partial charge in [0, 0.05) is 25.0 Å². The summed E-state index contributed by atoms with van der Waals surface area (Å²) in [6.07, 6.45) is 0. The third kappa shape index (κ3) is 3.38. The average molecular weight is 261 g/mol. The molecule has 0 fully saturated rings. The van der Waals surface area contributed by atoms with Gasteiger partial charge in [-0.25, -0.2) is 4.98 Å². The van der Waals surface area contributed by atoms with Crippen molar-refractivity contribution >= 4 is 11.3 Å². The fraction of sp³-hybridized carbons (Fsp3) is 0.357. The Labute approximate surface area is 112 Å². The Balaban J connectivity index is 2.00. The Kier molecular flexibility index (Phi) is 4.47. The molecule has 0 aliphatic heterocycles.